The SMILES string of the molecule is COc1nc(NN)nc(NCC2Cc3ccccc32)n1. The number of rotatable bonds is 5. The number of nitrogens with two attached hydrogens (primary N) is 1. The Morgan fingerprint density at radius 1 is 1.25 bits per heavy atom. The van der Waals surface area contributed by atoms with E-state index in [1.807, 2.05) is 0 Å². The molecule has 0 aliphatic heterocycles. The molecule has 0 saturated carbocycles. The molecule has 104 valence electrons. The van der Waals surface area contributed by atoms with E-state index in [2.05, 4.69) is 50.0 Å². The van der Waals surface area contributed by atoms with Crippen LogP contribution in [0, 0.1) is 0 Å². The van der Waals surface area contributed by atoms with E-state index >= 15 is 0 Å². The quantitative estimate of drug-likeness (QED) is 0.550. The molecular weight excluding hydrogens is 256 g/mol. The van der Waals surface area contributed by atoms with E-state index in [0.717, 1.165) is 13.0 Å². The van der Waals surface area contributed by atoms with E-state index in [4.69, 9.17) is 10.6 Å². The second-order valence-corrected chi connectivity index (χ2v) is 4.59. The zero-order valence-electron chi connectivity index (χ0n) is 11.1. The predicted molar refractivity (Wildman–Crippen MR) is 75.6 cm³/mol. The van der Waals surface area contributed by atoms with Gasteiger partial charge in [-0.1, -0.05) is 24.3 Å². The summed E-state index contributed by atoms with van der Waals surface area (Å²) in [6, 6.07) is 8.68. The number of methoxy groups -OCH3 is 1. The number of nitrogens with one attached hydrogen (secondary N) is 2. The first-order valence-corrected chi connectivity index (χ1v) is 6.38. The number of benzene rings is 1. The summed E-state index contributed by atoms with van der Waals surface area (Å²) in [6.45, 7) is 0.772. The Hall–Kier alpha value is -2.41. The molecular formula is C13H16N6O. The third-order valence-corrected chi connectivity index (χ3v) is 3.39. The van der Waals surface area contributed by atoms with Gasteiger partial charge in [-0.15, -0.1) is 0 Å². The Bertz CT molecular complexity index is 595. The average Bonchev–Trinajstić information content (AvgIpc) is 2.47. The number of hydrazine groups is 1. The molecule has 3 rings (SSSR count). The number of nitrogens with zero attached hydrogens (tertiary/aromatic N) is 3. The molecule has 0 bridgehead atoms. The van der Waals surface area contributed by atoms with Crippen molar-refractivity contribution in [3.8, 4) is 6.01 Å². The molecule has 0 saturated heterocycles. The predicted octanol–water partition coefficient (Wildman–Crippen LogP) is 0.918. The molecule has 20 heavy (non-hydrogen) atoms. The highest BCUT2D eigenvalue weighted by Gasteiger charge is 2.25. The van der Waals surface area contributed by atoms with Gasteiger partial charge in [0.05, 0.1) is 7.11 Å². The molecule has 7 heteroatoms. The topological polar surface area (TPSA) is 98.0 Å². The maximum atomic E-state index is 5.31. The van der Waals surface area contributed by atoms with Gasteiger partial charge in [0.2, 0.25) is 11.9 Å². The molecule has 0 amide bonds. The van der Waals surface area contributed by atoms with Crippen LogP contribution >= 0.6 is 0 Å². The normalized spacial score (nSPS) is 16.0. The van der Waals surface area contributed by atoms with Gasteiger partial charge in [-0.25, -0.2) is 5.84 Å². The summed E-state index contributed by atoms with van der Waals surface area (Å²) in [7, 11) is 1.50. The van der Waals surface area contributed by atoms with Crippen LogP contribution in [0.5, 0.6) is 6.01 Å². The first-order chi connectivity index (χ1) is 9.80. The molecule has 1 aromatic heterocycles. The highest BCUT2D eigenvalue weighted by atomic mass is 16.5. The van der Waals surface area contributed by atoms with Gasteiger partial charge in [0.15, 0.2) is 0 Å². The summed E-state index contributed by atoms with van der Waals surface area (Å²) in [5, 5.41) is 3.20. The minimum atomic E-state index is 0.226. The maximum Gasteiger partial charge on any atom is 0.322 e. The zero-order valence-corrected chi connectivity index (χ0v) is 11.1. The Morgan fingerprint density at radius 3 is 2.80 bits per heavy atom. The summed E-state index contributed by atoms with van der Waals surface area (Å²) in [6.07, 6.45) is 1.08. The number of nitrogen functional groups attached to an aromatic ring is 1. The van der Waals surface area contributed by atoms with Crippen molar-refractivity contribution in [1.82, 2.24) is 15.0 Å². The van der Waals surface area contributed by atoms with Crippen molar-refractivity contribution < 1.29 is 4.74 Å². The molecule has 0 spiro atoms. The van der Waals surface area contributed by atoms with Gasteiger partial charge >= 0.3 is 6.01 Å². The molecule has 7 nitrogen and oxygen atoms in total. The highest BCUT2D eigenvalue weighted by molar-refractivity contribution is 5.42. The maximum absolute atomic E-state index is 5.31. The first kappa shape index (κ1) is 12.6. The van der Waals surface area contributed by atoms with Crippen molar-refractivity contribution in [2.24, 2.45) is 5.84 Å². The lowest BCUT2D eigenvalue weighted by atomic mass is 9.78. The fourth-order valence-corrected chi connectivity index (χ4v) is 2.35. The van der Waals surface area contributed by atoms with Crippen LogP contribution in [-0.4, -0.2) is 28.6 Å². The third-order valence-electron chi connectivity index (χ3n) is 3.39. The smallest absolute Gasteiger partial charge is 0.322 e. The lowest BCUT2D eigenvalue weighted by Crippen LogP contribution is -2.25. The Morgan fingerprint density at radius 2 is 2.05 bits per heavy atom. The number of aromatic nitrogens is 3. The summed E-state index contributed by atoms with van der Waals surface area (Å²) in [5.74, 6) is 6.53. The van der Waals surface area contributed by atoms with E-state index in [1.54, 1.807) is 0 Å². The van der Waals surface area contributed by atoms with Crippen molar-refractivity contribution in [3.05, 3.63) is 35.4 Å². The lowest BCUT2D eigenvalue weighted by Gasteiger charge is -2.30. The van der Waals surface area contributed by atoms with E-state index in [1.165, 1.54) is 18.2 Å². The van der Waals surface area contributed by atoms with Gasteiger partial charge in [0.25, 0.3) is 0 Å². The van der Waals surface area contributed by atoms with Crippen LogP contribution in [0.3, 0.4) is 0 Å². The van der Waals surface area contributed by atoms with E-state index in [-0.39, 0.29) is 12.0 Å². The lowest BCUT2D eigenvalue weighted by molar-refractivity contribution is 0.379. The summed E-state index contributed by atoms with van der Waals surface area (Å²) >= 11 is 0. The molecule has 2 aromatic rings. The van der Waals surface area contributed by atoms with Crippen LogP contribution in [0.4, 0.5) is 11.9 Å². The zero-order chi connectivity index (χ0) is 13.9. The molecule has 1 aromatic carbocycles. The standard InChI is InChI=1S/C13H16N6O/c1-20-13-17-11(16-12(18-13)19-14)15-7-9-6-8-4-2-3-5-10(8)9/h2-5,9H,6-7,14H2,1H3,(H2,15,16,17,18,19). The molecule has 1 heterocycles. The largest absolute Gasteiger partial charge is 0.467 e. The summed E-state index contributed by atoms with van der Waals surface area (Å²) in [5.41, 5.74) is 5.19. The number of hydrogen-bond acceptors (Lipinski definition) is 7. The van der Waals surface area contributed by atoms with Crippen molar-refractivity contribution in [3.63, 3.8) is 0 Å². The van der Waals surface area contributed by atoms with Gasteiger partial charge in [0.1, 0.15) is 0 Å². The summed E-state index contributed by atoms with van der Waals surface area (Å²) in [4.78, 5) is 12.2. The molecule has 4 N–H and O–H groups in total. The van der Waals surface area contributed by atoms with Gasteiger partial charge in [0, 0.05) is 12.5 Å². The van der Waals surface area contributed by atoms with Gasteiger partial charge in [-0.3, -0.25) is 5.43 Å². The van der Waals surface area contributed by atoms with Crippen molar-refractivity contribution >= 4 is 11.9 Å². The van der Waals surface area contributed by atoms with Crippen molar-refractivity contribution in [1.29, 1.82) is 0 Å². The molecule has 1 atom stereocenters. The van der Waals surface area contributed by atoms with Crippen LogP contribution in [0.15, 0.2) is 24.3 Å². The van der Waals surface area contributed by atoms with E-state index in [0.29, 0.717) is 11.9 Å². The second kappa shape index (κ2) is 5.30. The van der Waals surface area contributed by atoms with Crippen molar-refractivity contribution in [2.45, 2.75) is 12.3 Å². The first-order valence-electron chi connectivity index (χ1n) is 6.38. The van der Waals surface area contributed by atoms with E-state index in [9.17, 15) is 0 Å². The third kappa shape index (κ3) is 2.35. The number of hydrogen-bond donors (Lipinski definition) is 3. The number of anilines is 2. The van der Waals surface area contributed by atoms with Crippen LogP contribution in [0.25, 0.3) is 0 Å². The average molecular weight is 272 g/mol. The van der Waals surface area contributed by atoms with Gasteiger partial charge < -0.3 is 10.1 Å². The molecule has 1 aliphatic carbocycles. The highest BCUT2D eigenvalue weighted by Crippen LogP contribution is 2.34. The van der Waals surface area contributed by atoms with Crippen LogP contribution < -0.4 is 21.3 Å². The Kier molecular flexibility index (Phi) is 3.34. The summed E-state index contributed by atoms with van der Waals surface area (Å²) < 4.78 is 5.00. The number of ether oxygens (including phenoxy) is 1. The minimum absolute atomic E-state index is 0.226. The van der Waals surface area contributed by atoms with Gasteiger partial charge in [-0.05, 0) is 17.5 Å². The van der Waals surface area contributed by atoms with Crippen molar-refractivity contribution in [2.75, 3.05) is 24.4 Å². The fourth-order valence-electron chi connectivity index (χ4n) is 2.35. The Labute approximate surface area is 116 Å². The molecule has 0 radical (unpaired) electrons. The minimum Gasteiger partial charge on any atom is -0.467 e. The van der Waals surface area contributed by atoms with Crippen LogP contribution in [0.1, 0.15) is 17.0 Å². The molecule has 0 fully saturated rings. The van der Waals surface area contributed by atoms with Crippen LogP contribution in [-0.2, 0) is 6.42 Å². The van der Waals surface area contributed by atoms with Gasteiger partial charge in [-0.2, -0.15) is 15.0 Å². The monoisotopic (exact) mass is 272 g/mol. The molecule has 1 aliphatic rings. The van der Waals surface area contributed by atoms with E-state index < -0.39 is 0 Å². The molecule has 1 unspecified atom stereocenters. The fraction of sp³-hybridized carbons (Fsp3) is 0.308. The number of fused-ring (bicyclic) bond motifs is 1. The Balaban J connectivity index is 1.67. The second-order valence-electron chi connectivity index (χ2n) is 4.59. The van der Waals surface area contributed by atoms with Crippen LogP contribution in [0.2, 0.25) is 0 Å².